The Balaban J connectivity index is 1.66. The monoisotopic (exact) mass is 310 g/mol. The van der Waals surface area contributed by atoms with Gasteiger partial charge in [0.1, 0.15) is 0 Å². The van der Waals surface area contributed by atoms with Crippen LogP contribution in [0.5, 0.6) is 0 Å². The molecule has 0 aromatic heterocycles. The van der Waals surface area contributed by atoms with Gasteiger partial charge in [-0.1, -0.05) is 12.1 Å². The molecule has 0 radical (unpaired) electrons. The highest BCUT2D eigenvalue weighted by Gasteiger charge is 2.34. The Labute approximate surface area is 126 Å². The number of rotatable bonds is 6. The van der Waals surface area contributed by atoms with Gasteiger partial charge in [-0.3, -0.25) is 0 Å². The van der Waals surface area contributed by atoms with Gasteiger partial charge in [-0.05, 0) is 43.9 Å². The zero-order valence-electron chi connectivity index (χ0n) is 12.3. The molecule has 1 aromatic carbocycles. The van der Waals surface area contributed by atoms with Crippen LogP contribution in [0.3, 0.4) is 0 Å². The van der Waals surface area contributed by atoms with Crippen LogP contribution in [0.2, 0.25) is 0 Å². The summed E-state index contributed by atoms with van der Waals surface area (Å²) < 4.78 is 32.8. The molecule has 1 saturated carbocycles. The third kappa shape index (κ3) is 3.83. The molecule has 0 amide bonds. The van der Waals surface area contributed by atoms with Gasteiger partial charge in [0.2, 0.25) is 10.0 Å². The SMILES string of the molecule is CC1(NS(=O)(=O)c2ccc(CNC3CC3)cc2)CCOC1. The molecule has 3 rings (SSSR count). The average Bonchev–Trinajstić information content (AvgIpc) is 3.18. The second-order valence-corrected chi connectivity index (χ2v) is 7.95. The van der Waals surface area contributed by atoms with Crippen molar-refractivity contribution in [3.63, 3.8) is 0 Å². The summed E-state index contributed by atoms with van der Waals surface area (Å²) in [6.45, 7) is 3.70. The van der Waals surface area contributed by atoms with Crippen molar-refractivity contribution in [2.45, 2.75) is 49.2 Å². The van der Waals surface area contributed by atoms with Crippen molar-refractivity contribution in [3.8, 4) is 0 Å². The molecule has 0 bridgehead atoms. The van der Waals surface area contributed by atoms with E-state index in [4.69, 9.17) is 4.74 Å². The first-order valence-corrected chi connectivity index (χ1v) is 8.89. The number of sulfonamides is 1. The van der Waals surface area contributed by atoms with Crippen molar-refractivity contribution < 1.29 is 13.2 Å². The van der Waals surface area contributed by atoms with E-state index in [1.807, 2.05) is 19.1 Å². The molecule has 116 valence electrons. The van der Waals surface area contributed by atoms with E-state index in [0.29, 0.717) is 30.6 Å². The fourth-order valence-electron chi connectivity index (χ4n) is 2.47. The molecule has 1 aliphatic carbocycles. The predicted octanol–water partition coefficient (Wildman–Crippen LogP) is 1.40. The summed E-state index contributed by atoms with van der Waals surface area (Å²) >= 11 is 0. The topological polar surface area (TPSA) is 67.4 Å². The minimum Gasteiger partial charge on any atom is -0.379 e. The van der Waals surface area contributed by atoms with Crippen LogP contribution in [-0.4, -0.2) is 33.2 Å². The van der Waals surface area contributed by atoms with Crippen LogP contribution < -0.4 is 10.0 Å². The third-order valence-corrected chi connectivity index (χ3v) is 5.66. The van der Waals surface area contributed by atoms with Crippen molar-refractivity contribution in [3.05, 3.63) is 29.8 Å². The first-order valence-electron chi connectivity index (χ1n) is 7.41. The normalized spacial score (nSPS) is 26.1. The Morgan fingerprint density at radius 3 is 2.57 bits per heavy atom. The summed E-state index contributed by atoms with van der Waals surface area (Å²) in [7, 11) is -3.49. The van der Waals surface area contributed by atoms with Crippen molar-refractivity contribution in [1.82, 2.24) is 10.0 Å². The maximum atomic E-state index is 12.4. The first kappa shape index (κ1) is 15.0. The summed E-state index contributed by atoms with van der Waals surface area (Å²) in [4.78, 5) is 0.311. The lowest BCUT2D eigenvalue weighted by Gasteiger charge is -2.23. The predicted molar refractivity (Wildman–Crippen MR) is 80.5 cm³/mol. The molecule has 1 aliphatic heterocycles. The number of hydrogen-bond acceptors (Lipinski definition) is 4. The quantitative estimate of drug-likeness (QED) is 0.833. The highest BCUT2D eigenvalue weighted by atomic mass is 32.2. The van der Waals surface area contributed by atoms with Crippen molar-refractivity contribution in [2.75, 3.05) is 13.2 Å². The Morgan fingerprint density at radius 1 is 1.29 bits per heavy atom. The highest BCUT2D eigenvalue weighted by Crippen LogP contribution is 2.22. The van der Waals surface area contributed by atoms with Gasteiger partial charge in [-0.2, -0.15) is 0 Å². The lowest BCUT2D eigenvalue weighted by Crippen LogP contribution is -2.46. The molecule has 2 N–H and O–H groups in total. The maximum absolute atomic E-state index is 12.4. The molecular formula is C15H22N2O3S. The molecule has 21 heavy (non-hydrogen) atoms. The minimum atomic E-state index is -3.49. The van der Waals surface area contributed by atoms with Crippen LogP contribution in [-0.2, 0) is 21.3 Å². The Kier molecular flexibility index (Phi) is 4.05. The van der Waals surface area contributed by atoms with Gasteiger partial charge in [0.05, 0.1) is 17.0 Å². The number of nitrogens with one attached hydrogen (secondary N) is 2. The van der Waals surface area contributed by atoms with Gasteiger partial charge in [-0.25, -0.2) is 13.1 Å². The maximum Gasteiger partial charge on any atom is 0.241 e. The average molecular weight is 310 g/mol. The molecule has 6 heteroatoms. The third-order valence-electron chi connectivity index (χ3n) is 4.01. The lowest BCUT2D eigenvalue weighted by atomic mass is 10.0. The number of hydrogen-bond donors (Lipinski definition) is 2. The van der Waals surface area contributed by atoms with Crippen molar-refractivity contribution in [1.29, 1.82) is 0 Å². The molecule has 5 nitrogen and oxygen atoms in total. The molecule has 1 unspecified atom stereocenters. The second-order valence-electron chi connectivity index (χ2n) is 6.27. The summed E-state index contributed by atoms with van der Waals surface area (Å²) in [6.07, 6.45) is 3.20. The Morgan fingerprint density at radius 2 is 2.00 bits per heavy atom. The minimum absolute atomic E-state index is 0.311. The van der Waals surface area contributed by atoms with Crippen LogP contribution in [0, 0.1) is 0 Å². The first-order chi connectivity index (χ1) is 9.97. The van der Waals surface area contributed by atoms with Crippen LogP contribution in [0.25, 0.3) is 0 Å². The molecule has 0 spiro atoms. The number of benzene rings is 1. The smallest absolute Gasteiger partial charge is 0.241 e. The van der Waals surface area contributed by atoms with Crippen molar-refractivity contribution in [2.24, 2.45) is 0 Å². The van der Waals surface area contributed by atoms with Crippen molar-refractivity contribution >= 4 is 10.0 Å². The fourth-order valence-corrected chi connectivity index (χ4v) is 3.89. The fraction of sp³-hybridized carbons (Fsp3) is 0.600. The molecule has 2 aliphatic rings. The van der Waals surface area contributed by atoms with Crippen LogP contribution in [0.15, 0.2) is 29.2 Å². The summed E-state index contributed by atoms with van der Waals surface area (Å²) in [5, 5.41) is 3.41. The molecule has 1 atom stereocenters. The zero-order valence-corrected chi connectivity index (χ0v) is 13.1. The van der Waals surface area contributed by atoms with E-state index in [1.165, 1.54) is 12.8 Å². The number of ether oxygens (including phenoxy) is 1. The van der Waals surface area contributed by atoms with Gasteiger partial charge in [-0.15, -0.1) is 0 Å². The summed E-state index contributed by atoms with van der Waals surface area (Å²) in [6, 6.07) is 7.74. The molecule has 2 fully saturated rings. The Bertz CT molecular complexity index is 588. The molecular weight excluding hydrogens is 288 g/mol. The summed E-state index contributed by atoms with van der Waals surface area (Å²) in [5.41, 5.74) is 0.613. The summed E-state index contributed by atoms with van der Waals surface area (Å²) in [5.74, 6) is 0. The van der Waals surface area contributed by atoms with Crippen LogP contribution in [0.4, 0.5) is 0 Å². The van der Waals surface area contributed by atoms with E-state index >= 15 is 0 Å². The van der Waals surface area contributed by atoms with E-state index in [2.05, 4.69) is 10.0 Å². The van der Waals surface area contributed by atoms with Crippen LogP contribution >= 0.6 is 0 Å². The van der Waals surface area contributed by atoms with E-state index in [9.17, 15) is 8.42 Å². The van der Waals surface area contributed by atoms with Gasteiger partial charge < -0.3 is 10.1 Å². The standard InChI is InChI=1S/C15H22N2O3S/c1-15(8-9-20-11-15)17-21(18,19)14-6-2-12(3-7-14)10-16-13-4-5-13/h2-3,6-7,13,16-17H,4-5,8-11H2,1H3. The second kappa shape index (κ2) is 5.68. The van der Waals surface area contributed by atoms with E-state index in [-0.39, 0.29) is 0 Å². The zero-order chi connectivity index (χ0) is 14.9. The van der Waals surface area contributed by atoms with Gasteiger partial charge >= 0.3 is 0 Å². The van der Waals surface area contributed by atoms with Gasteiger partial charge in [0.15, 0.2) is 0 Å². The van der Waals surface area contributed by atoms with Gasteiger partial charge in [0.25, 0.3) is 0 Å². The van der Waals surface area contributed by atoms with E-state index in [0.717, 1.165) is 12.1 Å². The molecule has 1 aromatic rings. The van der Waals surface area contributed by atoms with Crippen LogP contribution in [0.1, 0.15) is 31.7 Å². The van der Waals surface area contributed by atoms with E-state index in [1.54, 1.807) is 12.1 Å². The molecule has 1 heterocycles. The van der Waals surface area contributed by atoms with E-state index < -0.39 is 15.6 Å². The Hall–Kier alpha value is -0.950. The molecule has 1 saturated heterocycles. The lowest BCUT2D eigenvalue weighted by molar-refractivity contribution is 0.178. The largest absolute Gasteiger partial charge is 0.379 e. The van der Waals surface area contributed by atoms with Gasteiger partial charge in [0, 0.05) is 19.2 Å². The highest BCUT2D eigenvalue weighted by molar-refractivity contribution is 7.89.